The number of nitrogens with one attached hydrogen (secondary N) is 2. The Morgan fingerprint density at radius 3 is 2.27 bits per heavy atom. The van der Waals surface area contributed by atoms with Crippen molar-refractivity contribution in [2.24, 2.45) is 5.41 Å². The molecular weight excluding hydrogens is 286 g/mol. The Balaban J connectivity index is 2.27. The molecule has 0 aromatic heterocycles. The van der Waals surface area contributed by atoms with Crippen LogP contribution in [0.5, 0.6) is 0 Å². The molecule has 7 heteroatoms. The molecule has 1 rings (SSSR count). The van der Waals surface area contributed by atoms with E-state index >= 15 is 0 Å². The second-order valence-corrected chi connectivity index (χ2v) is 6.46. The Labute approximate surface area is 131 Å². The van der Waals surface area contributed by atoms with E-state index in [0.29, 0.717) is 32.5 Å². The van der Waals surface area contributed by atoms with Crippen LogP contribution in [0.15, 0.2) is 0 Å². The van der Waals surface area contributed by atoms with Crippen LogP contribution in [0.2, 0.25) is 0 Å². The van der Waals surface area contributed by atoms with Crippen molar-refractivity contribution in [2.45, 2.75) is 46.6 Å². The lowest BCUT2D eigenvalue weighted by molar-refractivity contribution is -0.131. The largest absolute Gasteiger partial charge is 0.450 e. The van der Waals surface area contributed by atoms with Gasteiger partial charge in [0.05, 0.1) is 13.2 Å². The summed E-state index contributed by atoms with van der Waals surface area (Å²) >= 11 is 0. The summed E-state index contributed by atoms with van der Waals surface area (Å²) in [5.41, 5.74) is -0.509. The number of carbonyl (C=O) groups excluding carboxylic acids is 3. The molecule has 126 valence electrons. The summed E-state index contributed by atoms with van der Waals surface area (Å²) in [4.78, 5) is 36.7. The summed E-state index contributed by atoms with van der Waals surface area (Å²) in [6.45, 7) is 8.65. The summed E-state index contributed by atoms with van der Waals surface area (Å²) in [5.74, 6) is -0.355. The zero-order valence-electron chi connectivity index (χ0n) is 13.9. The van der Waals surface area contributed by atoms with E-state index in [1.807, 2.05) is 0 Å². The maximum Gasteiger partial charge on any atom is 0.409 e. The van der Waals surface area contributed by atoms with Crippen molar-refractivity contribution in [1.82, 2.24) is 15.5 Å². The van der Waals surface area contributed by atoms with Crippen LogP contribution >= 0.6 is 0 Å². The van der Waals surface area contributed by atoms with Crippen LogP contribution in [0.25, 0.3) is 0 Å². The number of piperidine rings is 1. The second-order valence-electron chi connectivity index (χ2n) is 6.46. The molecule has 1 fully saturated rings. The third-order valence-corrected chi connectivity index (χ3v) is 3.48. The van der Waals surface area contributed by atoms with E-state index in [9.17, 15) is 14.4 Å². The van der Waals surface area contributed by atoms with Gasteiger partial charge < -0.3 is 20.3 Å². The van der Waals surface area contributed by atoms with Gasteiger partial charge in [-0.2, -0.15) is 0 Å². The van der Waals surface area contributed by atoms with Gasteiger partial charge in [-0.1, -0.05) is 20.8 Å². The van der Waals surface area contributed by atoms with E-state index in [1.165, 1.54) is 0 Å². The maximum absolute atomic E-state index is 11.8. The van der Waals surface area contributed by atoms with Gasteiger partial charge in [-0.05, 0) is 19.8 Å². The molecule has 7 nitrogen and oxygen atoms in total. The molecule has 0 bridgehead atoms. The first-order valence-corrected chi connectivity index (χ1v) is 7.73. The predicted octanol–water partition coefficient (Wildman–Crippen LogP) is 0.886. The third-order valence-electron chi connectivity index (χ3n) is 3.48. The summed E-state index contributed by atoms with van der Waals surface area (Å²) in [6, 6.07) is 0.0321. The summed E-state index contributed by atoms with van der Waals surface area (Å²) < 4.78 is 4.95. The van der Waals surface area contributed by atoms with Crippen LogP contribution in [0.4, 0.5) is 4.79 Å². The molecule has 0 spiro atoms. The SMILES string of the molecule is CCOC(=O)N1CCC(NC(=O)CNC(=O)C(C)(C)C)CC1. The molecule has 1 aliphatic rings. The Kier molecular flexibility index (Phi) is 6.64. The molecule has 2 N–H and O–H groups in total. The van der Waals surface area contributed by atoms with Crippen LogP contribution in [0, 0.1) is 5.41 Å². The van der Waals surface area contributed by atoms with E-state index in [4.69, 9.17) is 4.74 Å². The lowest BCUT2D eigenvalue weighted by Crippen LogP contribution is -2.49. The van der Waals surface area contributed by atoms with Crippen molar-refractivity contribution in [3.63, 3.8) is 0 Å². The molecule has 0 atom stereocenters. The first-order chi connectivity index (χ1) is 10.2. The van der Waals surface area contributed by atoms with Gasteiger partial charge in [0.2, 0.25) is 11.8 Å². The molecule has 0 unspecified atom stereocenters. The number of ether oxygens (including phenoxy) is 1. The van der Waals surface area contributed by atoms with Gasteiger partial charge in [-0.15, -0.1) is 0 Å². The van der Waals surface area contributed by atoms with Gasteiger partial charge >= 0.3 is 6.09 Å². The fourth-order valence-electron chi connectivity index (χ4n) is 2.13. The predicted molar refractivity (Wildman–Crippen MR) is 82.2 cm³/mol. The van der Waals surface area contributed by atoms with Crippen LogP contribution in [0.1, 0.15) is 40.5 Å². The van der Waals surface area contributed by atoms with Gasteiger partial charge in [0.25, 0.3) is 0 Å². The minimum absolute atomic E-state index is 0.0196. The maximum atomic E-state index is 11.8. The van der Waals surface area contributed by atoms with Crippen LogP contribution < -0.4 is 10.6 Å². The van der Waals surface area contributed by atoms with Crippen LogP contribution in [0.3, 0.4) is 0 Å². The van der Waals surface area contributed by atoms with Crippen molar-refractivity contribution >= 4 is 17.9 Å². The van der Waals surface area contributed by atoms with Crippen molar-refractivity contribution in [1.29, 1.82) is 0 Å². The van der Waals surface area contributed by atoms with Crippen molar-refractivity contribution in [2.75, 3.05) is 26.2 Å². The van der Waals surface area contributed by atoms with Gasteiger partial charge in [0, 0.05) is 24.5 Å². The van der Waals surface area contributed by atoms with E-state index < -0.39 is 5.41 Å². The van der Waals surface area contributed by atoms with Gasteiger partial charge in [-0.3, -0.25) is 9.59 Å². The van der Waals surface area contributed by atoms with Gasteiger partial charge in [0.15, 0.2) is 0 Å². The third kappa shape index (κ3) is 5.91. The summed E-state index contributed by atoms with van der Waals surface area (Å²) in [5, 5.41) is 5.50. The zero-order valence-corrected chi connectivity index (χ0v) is 13.9. The molecule has 0 radical (unpaired) electrons. The fraction of sp³-hybridized carbons (Fsp3) is 0.800. The summed E-state index contributed by atoms with van der Waals surface area (Å²) in [7, 11) is 0. The number of carbonyl (C=O) groups is 3. The standard InChI is InChI=1S/C15H27N3O4/c1-5-22-14(21)18-8-6-11(7-9-18)17-12(19)10-16-13(20)15(2,3)4/h11H,5-10H2,1-4H3,(H,16,20)(H,17,19). The molecule has 0 aromatic carbocycles. The molecule has 22 heavy (non-hydrogen) atoms. The molecule has 0 aliphatic carbocycles. The highest BCUT2D eigenvalue weighted by molar-refractivity contribution is 5.87. The number of nitrogens with zero attached hydrogens (tertiary/aromatic N) is 1. The molecular formula is C15H27N3O4. The Bertz CT molecular complexity index is 410. The molecule has 1 heterocycles. The first-order valence-electron chi connectivity index (χ1n) is 7.73. The molecule has 1 aliphatic heterocycles. The van der Waals surface area contributed by atoms with Crippen molar-refractivity contribution in [3.8, 4) is 0 Å². The Morgan fingerprint density at radius 2 is 1.77 bits per heavy atom. The lowest BCUT2D eigenvalue weighted by atomic mass is 9.96. The quantitative estimate of drug-likeness (QED) is 0.807. The summed E-state index contributed by atoms with van der Waals surface area (Å²) in [6.07, 6.45) is 1.08. The average Bonchev–Trinajstić information content (AvgIpc) is 2.44. The van der Waals surface area contributed by atoms with Gasteiger partial charge in [0.1, 0.15) is 0 Å². The highest BCUT2D eigenvalue weighted by Gasteiger charge is 2.25. The van der Waals surface area contributed by atoms with E-state index in [1.54, 1.807) is 32.6 Å². The Morgan fingerprint density at radius 1 is 1.18 bits per heavy atom. The minimum atomic E-state index is -0.509. The van der Waals surface area contributed by atoms with Crippen LogP contribution in [-0.2, 0) is 14.3 Å². The molecule has 0 aromatic rings. The smallest absolute Gasteiger partial charge is 0.409 e. The van der Waals surface area contributed by atoms with E-state index in [-0.39, 0.29) is 30.5 Å². The number of hydrogen-bond donors (Lipinski definition) is 2. The zero-order chi connectivity index (χ0) is 16.8. The highest BCUT2D eigenvalue weighted by atomic mass is 16.6. The average molecular weight is 313 g/mol. The first kappa shape index (κ1) is 18.3. The number of hydrogen-bond acceptors (Lipinski definition) is 4. The number of rotatable bonds is 4. The molecule has 3 amide bonds. The van der Waals surface area contributed by atoms with E-state index in [2.05, 4.69) is 10.6 Å². The number of amides is 3. The highest BCUT2D eigenvalue weighted by Crippen LogP contribution is 2.13. The second kappa shape index (κ2) is 8.00. The van der Waals surface area contributed by atoms with E-state index in [0.717, 1.165) is 0 Å². The monoisotopic (exact) mass is 313 g/mol. The minimum Gasteiger partial charge on any atom is -0.450 e. The van der Waals surface area contributed by atoms with Crippen LogP contribution in [-0.4, -0.2) is 55.1 Å². The fourth-order valence-corrected chi connectivity index (χ4v) is 2.13. The number of likely N-dealkylation sites (tertiary alicyclic amines) is 1. The molecule has 0 saturated carbocycles. The van der Waals surface area contributed by atoms with Crippen molar-refractivity contribution in [3.05, 3.63) is 0 Å². The molecule has 1 saturated heterocycles. The topological polar surface area (TPSA) is 87.7 Å². The Hall–Kier alpha value is -1.79. The normalized spacial score (nSPS) is 16.1. The van der Waals surface area contributed by atoms with Gasteiger partial charge in [-0.25, -0.2) is 4.79 Å². The van der Waals surface area contributed by atoms with Crippen molar-refractivity contribution < 1.29 is 19.1 Å². The lowest BCUT2D eigenvalue weighted by Gasteiger charge is -2.31.